The maximum absolute atomic E-state index is 13.1. The first-order valence-electron chi connectivity index (χ1n) is 11.7. The molecule has 3 heteroatoms. The van der Waals surface area contributed by atoms with E-state index in [1.807, 2.05) is 17.0 Å². The van der Waals surface area contributed by atoms with Crippen LogP contribution < -0.4 is 9.64 Å². The van der Waals surface area contributed by atoms with Crippen LogP contribution in [0, 0.1) is 6.92 Å². The molecule has 166 valence electrons. The van der Waals surface area contributed by atoms with E-state index < -0.39 is 0 Å². The minimum Gasteiger partial charge on any atom is -0.489 e. The van der Waals surface area contributed by atoms with Crippen LogP contribution in [-0.4, -0.2) is 12.5 Å². The number of amides is 1. The summed E-state index contributed by atoms with van der Waals surface area (Å²) >= 11 is 0. The van der Waals surface area contributed by atoms with Gasteiger partial charge in [-0.15, -0.1) is 0 Å². The van der Waals surface area contributed by atoms with Gasteiger partial charge in [0.1, 0.15) is 12.4 Å². The van der Waals surface area contributed by atoms with Crippen LogP contribution >= 0.6 is 0 Å². The Hall–Kier alpha value is -3.59. The summed E-state index contributed by atoms with van der Waals surface area (Å²) < 4.78 is 6.02. The van der Waals surface area contributed by atoms with Crippen molar-refractivity contribution in [1.82, 2.24) is 0 Å². The Balaban J connectivity index is 1.47. The van der Waals surface area contributed by atoms with Gasteiger partial charge in [0.2, 0.25) is 5.91 Å². The molecule has 1 aliphatic rings. The minimum atomic E-state index is 0.0394. The summed E-state index contributed by atoms with van der Waals surface area (Å²) in [6.07, 6.45) is 1.43. The predicted molar refractivity (Wildman–Crippen MR) is 135 cm³/mol. The topological polar surface area (TPSA) is 29.5 Å². The van der Waals surface area contributed by atoms with E-state index >= 15 is 0 Å². The summed E-state index contributed by atoms with van der Waals surface area (Å²) in [7, 11) is 0. The minimum absolute atomic E-state index is 0.0394. The van der Waals surface area contributed by atoms with Gasteiger partial charge in [0.25, 0.3) is 0 Å². The second-order valence-electron chi connectivity index (χ2n) is 8.87. The summed E-state index contributed by atoms with van der Waals surface area (Å²) in [4.78, 5) is 15.1. The molecule has 0 aromatic heterocycles. The van der Waals surface area contributed by atoms with Gasteiger partial charge >= 0.3 is 0 Å². The lowest BCUT2D eigenvalue weighted by Crippen LogP contribution is -2.37. The van der Waals surface area contributed by atoms with Crippen LogP contribution in [0.4, 0.5) is 5.69 Å². The number of aryl methyl sites for hydroxylation is 1. The Bertz CT molecular complexity index is 1290. The van der Waals surface area contributed by atoms with Gasteiger partial charge in [0.05, 0.1) is 0 Å². The number of nitrogens with zero attached hydrogens (tertiary/aromatic N) is 1. The second kappa shape index (κ2) is 9.11. The highest BCUT2D eigenvalue weighted by molar-refractivity contribution is 6.03. The smallest absolute Gasteiger partial charge is 0.227 e. The zero-order valence-corrected chi connectivity index (χ0v) is 19.3. The van der Waals surface area contributed by atoms with Crippen molar-refractivity contribution >= 4 is 22.4 Å². The van der Waals surface area contributed by atoms with Crippen molar-refractivity contribution in [2.45, 2.75) is 39.2 Å². The standard InChI is InChI=1S/C30H29NO2/c1-3-17-31-28-16-13-23-9-4-5-10-26(23)30(28)27(19-29(31)32)24-11-14-25(15-12-24)33-20-22-8-6-7-21(2)18-22/h4-16,18,27H,3,17,19-20H2,1-2H3. The average molecular weight is 436 g/mol. The molecule has 4 aromatic carbocycles. The van der Waals surface area contributed by atoms with Gasteiger partial charge in [-0.1, -0.05) is 79.2 Å². The van der Waals surface area contributed by atoms with E-state index in [-0.39, 0.29) is 11.8 Å². The highest BCUT2D eigenvalue weighted by atomic mass is 16.5. The predicted octanol–water partition coefficient (Wildman–Crippen LogP) is 7.01. The summed E-state index contributed by atoms with van der Waals surface area (Å²) in [6, 6.07) is 29.4. The molecule has 1 unspecified atom stereocenters. The first-order chi connectivity index (χ1) is 16.1. The molecule has 3 nitrogen and oxygen atoms in total. The lowest BCUT2D eigenvalue weighted by Gasteiger charge is -2.35. The fourth-order valence-electron chi connectivity index (χ4n) is 4.93. The van der Waals surface area contributed by atoms with E-state index in [4.69, 9.17) is 4.74 Å². The maximum atomic E-state index is 13.1. The summed E-state index contributed by atoms with van der Waals surface area (Å²) in [6.45, 7) is 5.51. The number of hydrogen-bond donors (Lipinski definition) is 0. The molecule has 5 rings (SSSR count). The van der Waals surface area contributed by atoms with Crippen LogP contribution in [0.3, 0.4) is 0 Å². The first kappa shape index (κ1) is 21.3. The van der Waals surface area contributed by atoms with Crippen LogP contribution in [-0.2, 0) is 11.4 Å². The number of carbonyl (C=O) groups is 1. The van der Waals surface area contributed by atoms with E-state index in [2.05, 4.69) is 86.6 Å². The molecule has 0 saturated carbocycles. The van der Waals surface area contributed by atoms with E-state index in [9.17, 15) is 4.79 Å². The lowest BCUT2D eigenvalue weighted by molar-refractivity contribution is -0.119. The van der Waals surface area contributed by atoms with Gasteiger partial charge in [-0.2, -0.15) is 0 Å². The fraction of sp³-hybridized carbons (Fsp3) is 0.233. The Kier molecular flexibility index (Phi) is 5.87. The van der Waals surface area contributed by atoms with Crippen LogP contribution in [0.5, 0.6) is 5.75 Å². The van der Waals surface area contributed by atoms with Gasteiger partial charge in [-0.25, -0.2) is 0 Å². The molecule has 33 heavy (non-hydrogen) atoms. The zero-order valence-electron chi connectivity index (χ0n) is 19.3. The molecule has 0 radical (unpaired) electrons. The molecule has 1 amide bonds. The number of hydrogen-bond acceptors (Lipinski definition) is 2. The van der Waals surface area contributed by atoms with Crippen molar-refractivity contribution in [3.63, 3.8) is 0 Å². The third kappa shape index (κ3) is 4.23. The first-order valence-corrected chi connectivity index (χ1v) is 11.7. The normalized spacial score (nSPS) is 15.5. The molecule has 1 aliphatic heterocycles. The SMILES string of the molecule is CCCN1C(=O)CC(c2ccc(OCc3cccc(C)c3)cc2)c2c1ccc1ccccc21. The molecular formula is C30H29NO2. The highest BCUT2D eigenvalue weighted by Gasteiger charge is 2.33. The van der Waals surface area contributed by atoms with Crippen molar-refractivity contribution in [1.29, 1.82) is 0 Å². The average Bonchev–Trinajstić information content (AvgIpc) is 2.84. The van der Waals surface area contributed by atoms with Crippen molar-refractivity contribution in [2.24, 2.45) is 0 Å². The van der Waals surface area contributed by atoms with Crippen molar-refractivity contribution in [3.8, 4) is 5.75 Å². The van der Waals surface area contributed by atoms with E-state index in [0.29, 0.717) is 13.0 Å². The molecule has 0 aliphatic carbocycles. The van der Waals surface area contributed by atoms with E-state index in [1.54, 1.807) is 0 Å². The number of anilines is 1. The fourth-order valence-corrected chi connectivity index (χ4v) is 4.93. The van der Waals surface area contributed by atoms with Crippen molar-refractivity contribution in [2.75, 3.05) is 11.4 Å². The van der Waals surface area contributed by atoms with Crippen LogP contribution in [0.1, 0.15) is 47.9 Å². The Morgan fingerprint density at radius 2 is 1.76 bits per heavy atom. The van der Waals surface area contributed by atoms with Gasteiger partial charge < -0.3 is 9.64 Å². The molecule has 0 fully saturated rings. The molecule has 1 atom stereocenters. The van der Waals surface area contributed by atoms with Crippen LogP contribution in [0.2, 0.25) is 0 Å². The zero-order chi connectivity index (χ0) is 22.8. The quantitative estimate of drug-likeness (QED) is 0.326. The monoisotopic (exact) mass is 435 g/mol. The lowest BCUT2D eigenvalue weighted by atomic mass is 9.81. The molecule has 0 spiro atoms. The third-order valence-corrected chi connectivity index (χ3v) is 6.48. The maximum Gasteiger partial charge on any atom is 0.227 e. The van der Waals surface area contributed by atoms with E-state index in [0.717, 1.165) is 35.5 Å². The molecule has 4 aromatic rings. The largest absolute Gasteiger partial charge is 0.489 e. The Morgan fingerprint density at radius 1 is 0.939 bits per heavy atom. The van der Waals surface area contributed by atoms with E-state index in [1.165, 1.54) is 21.9 Å². The van der Waals surface area contributed by atoms with Crippen molar-refractivity contribution < 1.29 is 9.53 Å². The molecular weight excluding hydrogens is 406 g/mol. The number of carbonyl (C=O) groups excluding carboxylic acids is 1. The summed E-state index contributed by atoms with van der Waals surface area (Å²) in [5, 5.41) is 2.44. The highest BCUT2D eigenvalue weighted by Crippen LogP contribution is 2.44. The van der Waals surface area contributed by atoms with Gasteiger partial charge in [-0.3, -0.25) is 4.79 Å². The summed E-state index contributed by atoms with van der Waals surface area (Å²) in [5.41, 5.74) is 5.86. The van der Waals surface area contributed by atoms with Crippen LogP contribution in [0.15, 0.2) is 84.9 Å². The number of fused-ring (bicyclic) bond motifs is 3. The molecule has 1 heterocycles. The number of rotatable bonds is 6. The molecule has 0 saturated heterocycles. The third-order valence-electron chi connectivity index (χ3n) is 6.48. The van der Waals surface area contributed by atoms with Crippen molar-refractivity contribution in [3.05, 3.63) is 107 Å². The number of ether oxygens (including phenoxy) is 1. The molecule has 0 N–H and O–H groups in total. The van der Waals surface area contributed by atoms with Gasteiger partial charge in [0, 0.05) is 24.6 Å². The Morgan fingerprint density at radius 3 is 2.55 bits per heavy atom. The van der Waals surface area contributed by atoms with Gasteiger partial charge in [0.15, 0.2) is 0 Å². The van der Waals surface area contributed by atoms with Crippen LogP contribution in [0.25, 0.3) is 10.8 Å². The number of benzene rings is 4. The van der Waals surface area contributed by atoms with Gasteiger partial charge in [-0.05, 0) is 59.0 Å². The molecule has 0 bridgehead atoms. The summed E-state index contributed by atoms with van der Waals surface area (Å²) in [5.74, 6) is 1.08. The Labute approximate surface area is 195 Å². The second-order valence-corrected chi connectivity index (χ2v) is 8.87.